The van der Waals surface area contributed by atoms with Crippen LogP contribution in [-0.4, -0.2) is 25.9 Å². The Labute approximate surface area is 166 Å². The first-order valence-electron chi connectivity index (χ1n) is 9.18. The highest BCUT2D eigenvalue weighted by Crippen LogP contribution is 2.16. The zero-order valence-electron chi connectivity index (χ0n) is 15.8. The van der Waals surface area contributed by atoms with Crippen LogP contribution < -0.4 is 10.9 Å². The second kappa shape index (κ2) is 8.05. The van der Waals surface area contributed by atoms with Gasteiger partial charge in [-0.25, -0.2) is 4.68 Å². The molecule has 8 nitrogen and oxygen atoms in total. The minimum atomic E-state index is -0.364. The quantitative estimate of drug-likeness (QED) is 0.541. The molecule has 0 bridgehead atoms. The lowest BCUT2D eigenvalue weighted by Gasteiger charge is -2.11. The van der Waals surface area contributed by atoms with E-state index in [1.165, 1.54) is 4.68 Å². The summed E-state index contributed by atoms with van der Waals surface area (Å²) in [7, 11) is 0. The Balaban J connectivity index is 1.60. The summed E-state index contributed by atoms with van der Waals surface area (Å²) in [6.45, 7) is 1.57. The molecule has 0 aliphatic rings. The normalized spacial score (nSPS) is 10.9. The molecule has 0 radical (unpaired) electrons. The number of amides is 1. The number of carbonyl (C=O) groups is 1. The molecule has 4 aromatic rings. The molecule has 0 unspecified atom stereocenters. The number of fused-ring (bicyclic) bond motifs is 1. The van der Waals surface area contributed by atoms with E-state index in [1.807, 2.05) is 42.5 Å². The lowest BCUT2D eigenvalue weighted by Crippen LogP contribution is -2.34. The van der Waals surface area contributed by atoms with Crippen molar-refractivity contribution in [3.05, 3.63) is 88.0 Å². The number of hydrogen-bond acceptors (Lipinski definition) is 6. The molecule has 2 aromatic heterocycles. The summed E-state index contributed by atoms with van der Waals surface area (Å²) in [5.74, 6) is 0.364. The van der Waals surface area contributed by atoms with Gasteiger partial charge in [-0.15, -0.1) is 10.2 Å². The minimum absolute atomic E-state index is 0.0961. The number of nitrogens with zero attached hydrogens (tertiary/aromatic N) is 4. The molecule has 146 valence electrons. The summed E-state index contributed by atoms with van der Waals surface area (Å²) in [4.78, 5) is 25.2. The van der Waals surface area contributed by atoms with Gasteiger partial charge in [0.15, 0.2) is 0 Å². The van der Waals surface area contributed by atoms with E-state index in [0.717, 1.165) is 16.6 Å². The van der Waals surface area contributed by atoms with Gasteiger partial charge in [-0.05, 0) is 11.6 Å². The van der Waals surface area contributed by atoms with Gasteiger partial charge in [-0.1, -0.05) is 48.5 Å². The van der Waals surface area contributed by atoms with Crippen LogP contribution in [0.4, 0.5) is 0 Å². The van der Waals surface area contributed by atoms with Crippen LogP contribution in [0.1, 0.15) is 23.0 Å². The van der Waals surface area contributed by atoms with Crippen LogP contribution in [-0.2, 0) is 24.3 Å². The fraction of sp³-hybridized carbons (Fsp3) is 0.190. The molecule has 0 atom stereocenters. The predicted molar refractivity (Wildman–Crippen MR) is 106 cm³/mol. The zero-order valence-corrected chi connectivity index (χ0v) is 15.8. The zero-order chi connectivity index (χ0) is 20.2. The molecule has 8 heteroatoms. The van der Waals surface area contributed by atoms with Crippen LogP contribution in [0.2, 0.25) is 0 Å². The second-order valence-corrected chi connectivity index (χ2v) is 6.61. The summed E-state index contributed by atoms with van der Waals surface area (Å²) in [6.07, 6.45) is 0.560. The summed E-state index contributed by atoms with van der Waals surface area (Å²) < 4.78 is 6.43. The fourth-order valence-electron chi connectivity index (χ4n) is 3.11. The summed E-state index contributed by atoms with van der Waals surface area (Å²) in [5.41, 5.74) is 1.51. The Kier molecular flexibility index (Phi) is 5.15. The summed E-state index contributed by atoms with van der Waals surface area (Å²) in [5, 5.41) is 16.0. The number of carbonyl (C=O) groups excluding carboxylic acids is 1. The molecule has 0 aliphatic heterocycles. The molecule has 4 rings (SSSR count). The van der Waals surface area contributed by atoms with Gasteiger partial charge in [0.05, 0.1) is 17.6 Å². The molecule has 29 heavy (non-hydrogen) atoms. The van der Waals surface area contributed by atoms with Crippen molar-refractivity contribution in [3.63, 3.8) is 0 Å². The van der Waals surface area contributed by atoms with Gasteiger partial charge >= 0.3 is 0 Å². The first kappa shape index (κ1) is 18.5. The van der Waals surface area contributed by atoms with Crippen LogP contribution in [0, 0.1) is 6.92 Å². The average Bonchev–Trinajstić information content (AvgIpc) is 3.16. The number of rotatable bonds is 6. The van der Waals surface area contributed by atoms with Crippen molar-refractivity contribution in [1.29, 1.82) is 0 Å². The molecule has 0 aliphatic carbocycles. The third kappa shape index (κ3) is 4.21. The number of aryl methyl sites for hydroxylation is 1. The number of nitrogens with one attached hydrogen (secondary N) is 1. The van der Waals surface area contributed by atoms with E-state index in [9.17, 15) is 9.59 Å². The van der Waals surface area contributed by atoms with Crippen LogP contribution >= 0.6 is 0 Å². The topological polar surface area (TPSA) is 103 Å². The average molecular weight is 389 g/mol. The van der Waals surface area contributed by atoms with Crippen molar-refractivity contribution < 1.29 is 9.21 Å². The van der Waals surface area contributed by atoms with Crippen molar-refractivity contribution in [2.75, 3.05) is 0 Å². The number of aromatic nitrogens is 4. The Hall–Kier alpha value is -3.81. The lowest BCUT2D eigenvalue weighted by molar-refractivity contribution is -0.122. The molecular weight excluding hydrogens is 370 g/mol. The molecule has 1 amide bonds. The lowest BCUT2D eigenvalue weighted by atomic mass is 10.0. The molecule has 0 fully saturated rings. The van der Waals surface area contributed by atoms with Gasteiger partial charge < -0.3 is 9.73 Å². The van der Waals surface area contributed by atoms with Gasteiger partial charge in [0.2, 0.25) is 17.7 Å². The Morgan fingerprint density at radius 1 is 1.03 bits per heavy atom. The van der Waals surface area contributed by atoms with Gasteiger partial charge in [0.1, 0.15) is 6.54 Å². The molecule has 0 saturated carbocycles. The van der Waals surface area contributed by atoms with Gasteiger partial charge in [0.25, 0.3) is 5.56 Å². The Morgan fingerprint density at radius 2 is 1.76 bits per heavy atom. The summed E-state index contributed by atoms with van der Waals surface area (Å²) >= 11 is 0. The maximum atomic E-state index is 12.8. The Morgan fingerprint density at radius 3 is 2.48 bits per heavy atom. The number of benzene rings is 2. The highest BCUT2D eigenvalue weighted by atomic mass is 16.4. The first-order chi connectivity index (χ1) is 14.1. The van der Waals surface area contributed by atoms with E-state index in [-0.39, 0.29) is 24.6 Å². The molecular formula is C21H19N5O3. The van der Waals surface area contributed by atoms with E-state index < -0.39 is 0 Å². The van der Waals surface area contributed by atoms with Crippen molar-refractivity contribution in [2.45, 2.75) is 26.4 Å². The van der Waals surface area contributed by atoms with Gasteiger partial charge in [0, 0.05) is 18.7 Å². The second-order valence-electron chi connectivity index (χ2n) is 6.61. The van der Waals surface area contributed by atoms with E-state index in [4.69, 9.17) is 4.42 Å². The van der Waals surface area contributed by atoms with Crippen molar-refractivity contribution in [1.82, 2.24) is 25.3 Å². The predicted octanol–water partition coefficient (Wildman–Crippen LogP) is 2.00. The number of hydrogen-bond donors (Lipinski definition) is 1. The van der Waals surface area contributed by atoms with E-state index in [0.29, 0.717) is 23.6 Å². The van der Waals surface area contributed by atoms with E-state index >= 15 is 0 Å². The molecule has 0 spiro atoms. The fourth-order valence-corrected chi connectivity index (χ4v) is 3.11. The highest BCUT2D eigenvalue weighted by molar-refractivity contribution is 5.84. The van der Waals surface area contributed by atoms with Crippen molar-refractivity contribution in [3.8, 4) is 0 Å². The van der Waals surface area contributed by atoms with Crippen LogP contribution in [0.3, 0.4) is 0 Å². The van der Waals surface area contributed by atoms with Gasteiger partial charge in [-0.2, -0.15) is 5.10 Å². The highest BCUT2D eigenvalue weighted by Gasteiger charge is 2.14. The van der Waals surface area contributed by atoms with Crippen LogP contribution in [0.5, 0.6) is 0 Å². The van der Waals surface area contributed by atoms with E-state index in [2.05, 4.69) is 20.6 Å². The standard InChI is InChI=1S/C21H19N5O3/c1-14-23-24-20(29-14)12-22-19(27)13-26-21(28)17-10-6-5-9-16(17)18(25-26)11-15-7-3-2-4-8-15/h2-10H,11-13H2,1H3,(H,22,27). The molecule has 0 saturated heterocycles. The SMILES string of the molecule is Cc1nnc(CNC(=O)Cn2nc(Cc3ccccc3)c3ccccc3c2=O)o1. The molecule has 2 heterocycles. The first-order valence-corrected chi connectivity index (χ1v) is 9.18. The minimum Gasteiger partial charge on any atom is -0.424 e. The van der Waals surface area contributed by atoms with Crippen molar-refractivity contribution in [2.24, 2.45) is 0 Å². The summed E-state index contributed by atoms with van der Waals surface area (Å²) in [6, 6.07) is 17.2. The smallest absolute Gasteiger partial charge is 0.275 e. The molecule has 1 N–H and O–H groups in total. The van der Waals surface area contributed by atoms with Gasteiger partial charge in [-0.3, -0.25) is 9.59 Å². The third-order valence-corrected chi connectivity index (χ3v) is 4.46. The Bertz CT molecular complexity index is 1210. The molecule has 2 aromatic carbocycles. The van der Waals surface area contributed by atoms with Crippen LogP contribution in [0.25, 0.3) is 10.8 Å². The largest absolute Gasteiger partial charge is 0.424 e. The maximum absolute atomic E-state index is 12.8. The monoisotopic (exact) mass is 389 g/mol. The third-order valence-electron chi connectivity index (χ3n) is 4.46. The van der Waals surface area contributed by atoms with E-state index in [1.54, 1.807) is 19.1 Å². The van der Waals surface area contributed by atoms with Crippen LogP contribution in [0.15, 0.2) is 63.8 Å². The van der Waals surface area contributed by atoms with Crippen molar-refractivity contribution >= 4 is 16.7 Å². The maximum Gasteiger partial charge on any atom is 0.275 e.